The zero-order valence-corrected chi connectivity index (χ0v) is 20.1. The number of amides is 1. The van der Waals surface area contributed by atoms with Crippen molar-refractivity contribution in [2.45, 2.75) is 33.1 Å². The molecule has 0 bridgehead atoms. The lowest BCUT2D eigenvalue weighted by Gasteiger charge is -2.15. The highest BCUT2D eigenvalue weighted by atomic mass is 32.2. The summed E-state index contributed by atoms with van der Waals surface area (Å²) in [4.78, 5) is 16.2. The molecular weight excluding hydrogens is 448 g/mol. The fraction of sp³-hybridized carbons (Fsp3) is 0.231. The molecular formula is C26H28N4O3S. The summed E-state index contributed by atoms with van der Waals surface area (Å²) in [6.45, 7) is 3.52. The monoisotopic (exact) mass is 476 g/mol. The number of para-hydroxylation sites is 1. The Morgan fingerprint density at radius 2 is 1.53 bits per heavy atom. The van der Waals surface area contributed by atoms with Crippen LogP contribution in [0.2, 0.25) is 0 Å². The van der Waals surface area contributed by atoms with Gasteiger partial charge in [-0.2, -0.15) is 0 Å². The van der Waals surface area contributed by atoms with Crippen LogP contribution in [-0.2, 0) is 14.8 Å². The molecule has 0 fully saturated rings. The van der Waals surface area contributed by atoms with E-state index in [1.54, 1.807) is 12.1 Å². The molecule has 1 aromatic heterocycles. The molecule has 0 atom stereocenters. The molecule has 0 unspecified atom stereocenters. The van der Waals surface area contributed by atoms with Gasteiger partial charge in [0.2, 0.25) is 15.9 Å². The van der Waals surface area contributed by atoms with Crippen LogP contribution in [0.25, 0.3) is 21.8 Å². The standard InChI is InChI=1S/C26H28N4O3S/c1-3-4-7-16-34(32,33)30-20-12-10-19(11-13-20)28-26-22-8-5-6-9-24(22)29-25-17-21(27-18(2)31)14-15-23(25)26/h5-6,8-15,17,30H,3-4,7,16H2,1-2H3,(H,27,31)(H,28,29). The number of anilines is 4. The molecule has 0 aliphatic heterocycles. The first kappa shape index (κ1) is 23.5. The van der Waals surface area contributed by atoms with Crippen LogP contribution in [-0.4, -0.2) is 25.1 Å². The van der Waals surface area contributed by atoms with Gasteiger partial charge >= 0.3 is 0 Å². The zero-order chi connectivity index (χ0) is 24.1. The number of aromatic nitrogens is 1. The SMILES string of the molecule is CCCCCS(=O)(=O)Nc1ccc(Nc2c3ccccc3nc3cc(NC(C)=O)ccc23)cc1. The van der Waals surface area contributed by atoms with Crippen molar-refractivity contribution in [2.24, 2.45) is 0 Å². The number of hydrogen-bond acceptors (Lipinski definition) is 5. The highest BCUT2D eigenvalue weighted by Crippen LogP contribution is 2.34. The predicted molar refractivity (Wildman–Crippen MR) is 140 cm³/mol. The first-order valence-electron chi connectivity index (χ1n) is 11.3. The number of nitrogens with one attached hydrogen (secondary N) is 3. The highest BCUT2D eigenvalue weighted by Gasteiger charge is 2.12. The van der Waals surface area contributed by atoms with Crippen molar-refractivity contribution in [3.8, 4) is 0 Å². The second kappa shape index (κ2) is 10.1. The van der Waals surface area contributed by atoms with E-state index in [9.17, 15) is 13.2 Å². The van der Waals surface area contributed by atoms with Crippen LogP contribution in [0, 0.1) is 0 Å². The predicted octanol–water partition coefficient (Wildman–Crippen LogP) is 6.02. The van der Waals surface area contributed by atoms with E-state index in [-0.39, 0.29) is 11.7 Å². The van der Waals surface area contributed by atoms with Crippen molar-refractivity contribution < 1.29 is 13.2 Å². The summed E-state index contributed by atoms with van der Waals surface area (Å²) in [6, 6.07) is 20.7. The van der Waals surface area contributed by atoms with Gasteiger partial charge < -0.3 is 10.6 Å². The molecule has 3 N–H and O–H groups in total. The quantitative estimate of drug-likeness (QED) is 0.203. The number of sulfonamides is 1. The van der Waals surface area contributed by atoms with E-state index < -0.39 is 10.0 Å². The second-order valence-electron chi connectivity index (χ2n) is 8.25. The Morgan fingerprint density at radius 3 is 2.26 bits per heavy atom. The highest BCUT2D eigenvalue weighted by molar-refractivity contribution is 7.92. The number of rotatable bonds is 9. The van der Waals surface area contributed by atoms with E-state index in [0.29, 0.717) is 17.8 Å². The van der Waals surface area contributed by atoms with Gasteiger partial charge in [-0.3, -0.25) is 9.52 Å². The van der Waals surface area contributed by atoms with Gasteiger partial charge in [0.05, 0.1) is 22.5 Å². The fourth-order valence-corrected chi connectivity index (χ4v) is 5.03. The van der Waals surface area contributed by atoms with Gasteiger partial charge in [0.1, 0.15) is 0 Å². The lowest BCUT2D eigenvalue weighted by Crippen LogP contribution is -2.16. The second-order valence-corrected chi connectivity index (χ2v) is 10.1. The zero-order valence-electron chi connectivity index (χ0n) is 19.3. The number of carbonyl (C=O) groups is 1. The molecule has 0 radical (unpaired) electrons. The fourth-order valence-electron chi connectivity index (χ4n) is 3.85. The molecule has 176 valence electrons. The summed E-state index contributed by atoms with van der Waals surface area (Å²) in [5, 5.41) is 8.15. The molecule has 0 saturated carbocycles. The minimum Gasteiger partial charge on any atom is -0.354 e. The largest absolute Gasteiger partial charge is 0.354 e. The average molecular weight is 477 g/mol. The summed E-state index contributed by atoms with van der Waals surface area (Å²) in [5.74, 6) is -0.0180. The van der Waals surface area contributed by atoms with Crippen LogP contribution in [0.1, 0.15) is 33.1 Å². The molecule has 4 aromatic rings. The van der Waals surface area contributed by atoms with Crippen LogP contribution in [0.3, 0.4) is 0 Å². The van der Waals surface area contributed by atoms with E-state index in [2.05, 4.69) is 15.4 Å². The van der Waals surface area contributed by atoms with Crippen LogP contribution in [0.5, 0.6) is 0 Å². The number of pyridine rings is 1. The average Bonchev–Trinajstić information content (AvgIpc) is 2.79. The molecule has 0 aliphatic carbocycles. The van der Waals surface area contributed by atoms with Crippen LogP contribution < -0.4 is 15.4 Å². The van der Waals surface area contributed by atoms with Gasteiger partial charge in [0, 0.05) is 34.8 Å². The minimum atomic E-state index is -3.36. The van der Waals surface area contributed by atoms with Crippen LogP contribution >= 0.6 is 0 Å². The first-order valence-corrected chi connectivity index (χ1v) is 13.0. The van der Waals surface area contributed by atoms with Crippen molar-refractivity contribution in [1.29, 1.82) is 0 Å². The van der Waals surface area contributed by atoms with Crippen molar-refractivity contribution >= 4 is 60.5 Å². The molecule has 0 spiro atoms. The Balaban J connectivity index is 1.63. The molecule has 7 nitrogen and oxygen atoms in total. The summed E-state index contributed by atoms with van der Waals surface area (Å²) >= 11 is 0. The normalized spacial score (nSPS) is 11.5. The maximum atomic E-state index is 12.3. The van der Waals surface area contributed by atoms with E-state index in [1.165, 1.54) is 6.92 Å². The number of fused-ring (bicyclic) bond motifs is 2. The van der Waals surface area contributed by atoms with Crippen LogP contribution in [0.4, 0.5) is 22.7 Å². The summed E-state index contributed by atoms with van der Waals surface area (Å²) < 4.78 is 27.2. The van der Waals surface area contributed by atoms with Crippen molar-refractivity contribution in [2.75, 3.05) is 21.1 Å². The number of hydrogen-bond donors (Lipinski definition) is 3. The smallest absolute Gasteiger partial charge is 0.232 e. The van der Waals surface area contributed by atoms with Gasteiger partial charge in [-0.1, -0.05) is 38.0 Å². The van der Waals surface area contributed by atoms with Crippen molar-refractivity contribution in [3.05, 3.63) is 66.7 Å². The van der Waals surface area contributed by atoms with Crippen molar-refractivity contribution in [1.82, 2.24) is 4.98 Å². The van der Waals surface area contributed by atoms with E-state index >= 15 is 0 Å². The van der Waals surface area contributed by atoms with E-state index in [4.69, 9.17) is 4.98 Å². The van der Waals surface area contributed by atoms with E-state index in [1.807, 2.05) is 61.5 Å². The molecule has 1 heterocycles. The summed E-state index contributed by atoms with van der Waals surface area (Å²) in [5.41, 5.74) is 4.51. The minimum absolute atomic E-state index is 0.121. The van der Waals surface area contributed by atoms with Crippen LogP contribution in [0.15, 0.2) is 66.7 Å². The molecule has 34 heavy (non-hydrogen) atoms. The van der Waals surface area contributed by atoms with Gasteiger partial charge in [-0.15, -0.1) is 0 Å². The number of unbranched alkanes of at least 4 members (excludes halogenated alkanes) is 2. The Morgan fingerprint density at radius 1 is 0.853 bits per heavy atom. The summed E-state index contributed by atoms with van der Waals surface area (Å²) in [7, 11) is -3.36. The maximum absolute atomic E-state index is 12.3. The maximum Gasteiger partial charge on any atom is 0.232 e. The lowest BCUT2D eigenvalue weighted by molar-refractivity contribution is -0.114. The molecule has 1 amide bonds. The first-order chi connectivity index (χ1) is 16.3. The van der Waals surface area contributed by atoms with Gasteiger partial charge in [0.25, 0.3) is 0 Å². The number of carbonyl (C=O) groups excluding carboxylic acids is 1. The van der Waals surface area contributed by atoms with Crippen molar-refractivity contribution in [3.63, 3.8) is 0 Å². The van der Waals surface area contributed by atoms with Gasteiger partial charge in [-0.25, -0.2) is 13.4 Å². The number of benzene rings is 3. The van der Waals surface area contributed by atoms with Gasteiger partial charge in [0.15, 0.2) is 0 Å². The Hall–Kier alpha value is -3.65. The Kier molecular flexibility index (Phi) is 6.98. The van der Waals surface area contributed by atoms with Gasteiger partial charge in [-0.05, 0) is 55.0 Å². The molecule has 0 aliphatic rings. The molecule has 4 rings (SSSR count). The molecule has 8 heteroatoms. The van der Waals surface area contributed by atoms with E-state index in [0.717, 1.165) is 46.0 Å². The molecule has 3 aromatic carbocycles. The third-order valence-electron chi connectivity index (χ3n) is 5.45. The summed E-state index contributed by atoms with van der Waals surface area (Å²) in [6.07, 6.45) is 2.52. The third kappa shape index (κ3) is 5.63. The lowest BCUT2D eigenvalue weighted by atomic mass is 10.1. The Labute approximate surface area is 199 Å². The number of nitrogens with zero attached hydrogens (tertiary/aromatic N) is 1. The Bertz CT molecular complexity index is 1430. The molecule has 0 saturated heterocycles. The topological polar surface area (TPSA) is 100 Å². The third-order valence-corrected chi connectivity index (χ3v) is 6.82.